The van der Waals surface area contributed by atoms with Crippen LogP contribution in [0.4, 0.5) is 0 Å². The highest BCUT2D eigenvalue weighted by Crippen LogP contribution is 2.33. The van der Waals surface area contributed by atoms with Gasteiger partial charge in [-0.1, -0.05) is 35.3 Å². The van der Waals surface area contributed by atoms with Gasteiger partial charge in [-0.2, -0.15) is 0 Å². The topological polar surface area (TPSA) is 74.5 Å². The third-order valence-corrected chi connectivity index (χ3v) is 5.82. The molecule has 1 aromatic carbocycles. The van der Waals surface area contributed by atoms with Crippen molar-refractivity contribution in [3.63, 3.8) is 0 Å². The maximum atomic E-state index is 6.30. The van der Waals surface area contributed by atoms with Gasteiger partial charge in [-0.25, -0.2) is 4.99 Å². The van der Waals surface area contributed by atoms with Crippen LogP contribution < -0.4 is 21.7 Å². The van der Waals surface area contributed by atoms with E-state index in [0.717, 1.165) is 30.2 Å². The highest BCUT2D eigenvalue weighted by Gasteiger charge is 2.19. The molecule has 2 aliphatic rings. The van der Waals surface area contributed by atoms with Gasteiger partial charge in [-0.3, -0.25) is 0 Å². The second-order valence-corrected chi connectivity index (χ2v) is 7.35. The summed E-state index contributed by atoms with van der Waals surface area (Å²) in [6, 6.07) is 5.26. The van der Waals surface area contributed by atoms with Crippen LogP contribution in [0.3, 0.4) is 0 Å². The van der Waals surface area contributed by atoms with E-state index >= 15 is 0 Å². The molecule has 0 saturated carbocycles. The number of benzene rings is 1. The van der Waals surface area contributed by atoms with Crippen molar-refractivity contribution in [2.24, 2.45) is 10.7 Å². The Kier molecular flexibility index (Phi) is 5.48. The summed E-state index contributed by atoms with van der Waals surface area (Å²) in [4.78, 5) is 5.79. The van der Waals surface area contributed by atoms with Crippen molar-refractivity contribution in [1.82, 2.24) is 16.0 Å². The predicted octanol–water partition coefficient (Wildman–Crippen LogP) is 3.30. The van der Waals surface area contributed by atoms with E-state index in [1.54, 1.807) is 6.07 Å². The molecular formula is C16H19Cl2N5S. The molecule has 0 bridgehead atoms. The molecule has 0 spiro atoms. The van der Waals surface area contributed by atoms with E-state index in [2.05, 4.69) is 27.9 Å². The SMILES string of the molecule is CC1=C(CCNC2=CC(c3cccc(Cl)c3Cl)N=C(N)N2)SCN1. The van der Waals surface area contributed by atoms with Crippen LogP contribution in [0.2, 0.25) is 10.0 Å². The lowest BCUT2D eigenvalue weighted by atomic mass is 10.1. The number of aliphatic imine (C=N–C) groups is 1. The summed E-state index contributed by atoms with van der Waals surface area (Å²) in [5.74, 6) is 2.14. The Hall–Kier alpha value is -1.50. The molecular weight excluding hydrogens is 365 g/mol. The highest BCUT2D eigenvalue weighted by molar-refractivity contribution is 8.03. The Morgan fingerprint density at radius 2 is 2.25 bits per heavy atom. The summed E-state index contributed by atoms with van der Waals surface area (Å²) in [7, 11) is 0. The van der Waals surface area contributed by atoms with Crippen molar-refractivity contribution < 1.29 is 0 Å². The molecule has 2 heterocycles. The fraction of sp³-hybridized carbons (Fsp3) is 0.312. The van der Waals surface area contributed by atoms with Gasteiger partial charge < -0.3 is 21.7 Å². The molecule has 8 heteroatoms. The standard InChI is InChI=1S/C16H19Cl2N5S/c1-9-13(24-8-21-9)5-6-20-14-7-12(22-16(19)23-14)10-3-2-4-11(17)15(10)18/h2-4,7,12,20-21H,5-6,8H2,1H3,(H3,19,22,23). The highest BCUT2D eigenvalue weighted by atomic mass is 35.5. The molecule has 1 unspecified atom stereocenters. The molecule has 2 aliphatic heterocycles. The molecule has 24 heavy (non-hydrogen) atoms. The fourth-order valence-electron chi connectivity index (χ4n) is 2.58. The summed E-state index contributed by atoms with van der Waals surface area (Å²) in [5.41, 5.74) is 8.01. The van der Waals surface area contributed by atoms with Crippen LogP contribution in [0.25, 0.3) is 0 Å². The van der Waals surface area contributed by atoms with Gasteiger partial charge in [0.15, 0.2) is 5.96 Å². The van der Waals surface area contributed by atoms with E-state index in [1.807, 2.05) is 30.0 Å². The maximum absolute atomic E-state index is 6.30. The van der Waals surface area contributed by atoms with Crippen LogP contribution >= 0.6 is 35.0 Å². The molecule has 0 fully saturated rings. The lowest BCUT2D eigenvalue weighted by Gasteiger charge is -2.22. The molecule has 1 atom stereocenters. The first kappa shape index (κ1) is 17.3. The van der Waals surface area contributed by atoms with Crippen LogP contribution in [0.5, 0.6) is 0 Å². The predicted molar refractivity (Wildman–Crippen MR) is 103 cm³/mol. The normalized spacial score (nSPS) is 20.2. The summed E-state index contributed by atoms with van der Waals surface area (Å²) >= 11 is 14.2. The molecule has 0 amide bonds. The Morgan fingerprint density at radius 1 is 1.42 bits per heavy atom. The van der Waals surface area contributed by atoms with Crippen LogP contribution in [-0.4, -0.2) is 18.4 Å². The minimum Gasteiger partial charge on any atom is -0.379 e. The first-order chi connectivity index (χ1) is 11.5. The van der Waals surface area contributed by atoms with Gasteiger partial charge >= 0.3 is 0 Å². The number of halogens is 2. The third-order valence-electron chi connectivity index (χ3n) is 3.84. The van der Waals surface area contributed by atoms with Crippen LogP contribution in [0, 0.1) is 0 Å². The van der Waals surface area contributed by atoms with E-state index in [-0.39, 0.29) is 6.04 Å². The van der Waals surface area contributed by atoms with Crippen molar-refractivity contribution in [1.29, 1.82) is 0 Å². The van der Waals surface area contributed by atoms with Gasteiger partial charge in [-0.15, -0.1) is 11.8 Å². The second kappa shape index (κ2) is 7.59. The zero-order chi connectivity index (χ0) is 17.1. The molecule has 1 aromatic rings. The first-order valence-electron chi connectivity index (χ1n) is 7.61. The van der Waals surface area contributed by atoms with E-state index in [0.29, 0.717) is 16.0 Å². The third kappa shape index (κ3) is 3.94. The Morgan fingerprint density at radius 3 is 3.00 bits per heavy atom. The molecule has 0 radical (unpaired) electrons. The van der Waals surface area contributed by atoms with Crippen molar-refractivity contribution in [2.45, 2.75) is 19.4 Å². The number of guanidine groups is 1. The van der Waals surface area contributed by atoms with Gasteiger partial charge in [0, 0.05) is 22.7 Å². The van der Waals surface area contributed by atoms with E-state index < -0.39 is 0 Å². The minimum atomic E-state index is -0.261. The maximum Gasteiger partial charge on any atom is 0.195 e. The molecule has 5 N–H and O–H groups in total. The number of allylic oxidation sites excluding steroid dienone is 1. The van der Waals surface area contributed by atoms with Gasteiger partial charge in [0.2, 0.25) is 0 Å². The van der Waals surface area contributed by atoms with Crippen molar-refractivity contribution >= 4 is 40.9 Å². The second-order valence-electron chi connectivity index (χ2n) is 5.50. The van der Waals surface area contributed by atoms with Crippen LogP contribution in [0.15, 0.2) is 45.7 Å². The zero-order valence-corrected chi connectivity index (χ0v) is 15.5. The molecule has 0 saturated heterocycles. The van der Waals surface area contributed by atoms with E-state index in [4.69, 9.17) is 28.9 Å². The Bertz CT molecular complexity index is 729. The number of nitrogens with zero attached hydrogens (tertiary/aromatic N) is 1. The first-order valence-corrected chi connectivity index (χ1v) is 9.35. The van der Waals surface area contributed by atoms with Gasteiger partial charge in [0.05, 0.1) is 15.9 Å². The molecule has 5 nitrogen and oxygen atoms in total. The van der Waals surface area contributed by atoms with Crippen LogP contribution in [0.1, 0.15) is 24.9 Å². The van der Waals surface area contributed by atoms with Crippen LogP contribution in [-0.2, 0) is 0 Å². The van der Waals surface area contributed by atoms with Crippen molar-refractivity contribution in [3.8, 4) is 0 Å². The lowest BCUT2D eigenvalue weighted by Crippen LogP contribution is -2.40. The smallest absolute Gasteiger partial charge is 0.195 e. The Balaban J connectivity index is 1.69. The summed E-state index contributed by atoms with van der Waals surface area (Å²) in [6.07, 6.45) is 2.93. The molecule has 0 aromatic heterocycles. The fourth-order valence-corrected chi connectivity index (χ4v) is 3.99. The largest absolute Gasteiger partial charge is 0.379 e. The summed E-state index contributed by atoms with van der Waals surface area (Å²) in [6.45, 7) is 2.92. The molecule has 0 aliphatic carbocycles. The van der Waals surface area contributed by atoms with Gasteiger partial charge in [0.1, 0.15) is 11.9 Å². The number of nitrogens with two attached hydrogens (primary N) is 1. The van der Waals surface area contributed by atoms with Gasteiger partial charge in [0.25, 0.3) is 0 Å². The number of hydrogen-bond donors (Lipinski definition) is 4. The van der Waals surface area contributed by atoms with Gasteiger partial charge in [-0.05, 0) is 25.5 Å². The number of rotatable bonds is 5. The quantitative estimate of drug-likeness (QED) is 0.627. The van der Waals surface area contributed by atoms with Crippen molar-refractivity contribution in [2.75, 3.05) is 12.4 Å². The number of hydrogen-bond acceptors (Lipinski definition) is 6. The number of thioether (sulfide) groups is 1. The molecule has 3 rings (SSSR count). The summed E-state index contributed by atoms with van der Waals surface area (Å²) in [5, 5.41) is 10.8. The average Bonchev–Trinajstić information content (AvgIpc) is 2.95. The van der Waals surface area contributed by atoms with E-state index in [9.17, 15) is 0 Å². The minimum absolute atomic E-state index is 0.261. The summed E-state index contributed by atoms with van der Waals surface area (Å²) < 4.78 is 0. The lowest BCUT2D eigenvalue weighted by molar-refractivity contribution is 0.715. The number of nitrogens with one attached hydrogen (secondary N) is 3. The van der Waals surface area contributed by atoms with Crippen molar-refractivity contribution in [3.05, 3.63) is 56.3 Å². The monoisotopic (exact) mass is 383 g/mol. The van der Waals surface area contributed by atoms with E-state index in [1.165, 1.54) is 10.6 Å². The average molecular weight is 384 g/mol. The molecule has 128 valence electrons. The Labute approximate surface area is 155 Å². The zero-order valence-electron chi connectivity index (χ0n) is 13.2.